The molecule has 4 unspecified atom stereocenters. The number of rotatable bonds is 0. The Morgan fingerprint density at radius 1 is 1.12 bits per heavy atom. The predicted molar refractivity (Wildman–Crippen MR) is 90.7 cm³/mol. The van der Waals surface area contributed by atoms with E-state index in [9.17, 15) is 25.2 Å². The molecule has 0 radical (unpaired) electrons. The van der Waals surface area contributed by atoms with Crippen LogP contribution in [-0.2, 0) is 9.53 Å². The van der Waals surface area contributed by atoms with Crippen molar-refractivity contribution >= 4 is 5.78 Å². The fourth-order valence-electron chi connectivity index (χ4n) is 7.90. The first-order valence-corrected chi connectivity index (χ1v) is 9.71. The van der Waals surface area contributed by atoms with Crippen LogP contribution in [0.15, 0.2) is 12.2 Å². The molecular formula is C20H28O6. The average Bonchev–Trinajstić information content (AvgIpc) is 2.69. The first-order chi connectivity index (χ1) is 12.1. The molecule has 0 amide bonds. The van der Waals surface area contributed by atoms with E-state index in [1.165, 1.54) is 0 Å². The van der Waals surface area contributed by atoms with Crippen LogP contribution >= 0.6 is 0 Å². The Bertz CT molecular complexity index is 717. The minimum Gasteiger partial charge on any atom is -0.392 e. The molecule has 4 N–H and O–H groups in total. The van der Waals surface area contributed by atoms with Gasteiger partial charge in [-0.05, 0) is 42.6 Å². The highest BCUT2D eigenvalue weighted by molar-refractivity contribution is 6.05. The Hall–Kier alpha value is -0.790. The quantitative estimate of drug-likeness (QED) is 0.463. The van der Waals surface area contributed by atoms with Crippen molar-refractivity contribution < 1.29 is 30.0 Å². The van der Waals surface area contributed by atoms with E-state index in [0.717, 1.165) is 6.42 Å². The topological polar surface area (TPSA) is 107 Å². The van der Waals surface area contributed by atoms with Crippen molar-refractivity contribution in [3.05, 3.63) is 12.2 Å². The molecule has 2 spiro atoms. The fourth-order valence-corrected chi connectivity index (χ4v) is 7.90. The number of fused-ring (bicyclic) bond motifs is 2. The lowest BCUT2D eigenvalue weighted by Crippen LogP contribution is -2.85. The zero-order valence-electron chi connectivity index (χ0n) is 15.3. The lowest BCUT2D eigenvalue weighted by molar-refractivity contribution is -0.458. The number of ether oxygens (including phenoxy) is 1. The third-order valence-corrected chi connectivity index (χ3v) is 8.88. The molecule has 6 heteroatoms. The largest absolute Gasteiger partial charge is 0.392 e. The molecule has 6 aliphatic rings. The molecule has 6 fully saturated rings. The summed E-state index contributed by atoms with van der Waals surface area (Å²) in [6, 6.07) is 0. The summed E-state index contributed by atoms with van der Waals surface area (Å²) < 4.78 is 5.80. The fraction of sp³-hybridized carbons (Fsp3) is 0.850. The highest BCUT2D eigenvalue weighted by Gasteiger charge is 2.86. The van der Waals surface area contributed by atoms with Gasteiger partial charge in [-0.25, -0.2) is 0 Å². The molecule has 26 heavy (non-hydrogen) atoms. The van der Waals surface area contributed by atoms with Crippen LogP contribution in [-0.4, -0.2) is 56.9 Å². The van der Waals surface area contributed by atoms with Gasteiger partial charge in [-0.1, -0.05) is 20.4 Å². The number of carbonyl (C=O) groups is 1. The molecule has 0 aromatic rings. The smallest absolute Gasteiger partial charge is 0.208 e. The maximum absolute atomic E-state index is 13.3. The molecule has 4 aliphatic carbocycles. The summed E-state index contributed by atoms with van der Waals surface area (Å²) in [4.78, 5) is 13.3. The van der Waals surface area contributed by atoms with Crippen molar-refractivity contribution in [3.63, 3.8) is 0 Å². The van der Waals surface area contributed by atoms with E-state index >= 15 is 0 Å². The van der Waals surface area contributed by atoms with Gasteiger partial charge in [-0.15, -0.1) is 0 Å². The molecule has 2 aliphatic heterocycles. The minimum atomic E-state index is -2.15. The number of hydrogen-bond acceptors (Lipinski definition) is 6. The highest BCUT2D eigenvalue weighted by Crippen LogP contribution is 2.76. The van der Waals surface area contributed by atoms with Crippen LogP contribution < -0.4 is 0 Å². The maximum Gasteiger partial charge on any atom is 0.208 e. The number of Topliss-reactive ketones (excluding diaryl/α,β-unsaturated/α-hetero) is 1. The monoisotopic (exact) mass is 364 g/mol. The van der Waals surface area contributed by atoms with E-state index < -0.39 is 58.5 Å². The van der Waals surface area contributed by atoms with E-state index in [4.69, 9.17) is 4.74 Å². The zero-order chi connectivity index (χ0) is 18.9. The summed E-state index contributed by atoms with van der Waals surface area (Å²) in [7, 11) is 0. The Balaban J connectivity index is 1.81. The van der Waals surface area contributed by atoms with Crippen molar-refractivity contribution in [2.75, 3.05) is 6.61 Å². The van der Waals surface area contributed by atoms with Gasteiger partial charge in [0.1, 0.15) is 11.5 Å². The van der Waals surface area contributed by atoms with Crippen LogP contribution in [0.2, 0.25) is 0 Å². The van der Waals surface area contributed by atoms with Crippen molar-refractivity contribution in [1.82, 2.24) is 0 Å². The van der Waals surface area contributed by atoms with Crippen molar-refractivity contribution in [2.24, 2.45) is 34.0 Å². The Kier molecular flexibility index (Phi) is 3.07. The molecule has 0 aromatic heterocycles. The SMILES string of the molecule is C=C1C(=O)C23C(CCC1[C@H]2O)[C@@]12CO[C@]3(O)[C@@H](O)C1C(C)(C)CC[C@@H]2O. The lowest BCUT2D eigenvalue weighted by Gasteiger charge is -2.74. The summed E-state index contributed by atoms with van der Waals surface area (Å²) in [5.74, 6) is -3.80. The second-order valence-corrected chi connectivity index (χ2v) is 9.97. The standard InChI is InChI=1S/C20H28O6/c1-9-10-4-5-11-18-8-26-20(25,19(11,14(9)22)15(10)23)16(24)13(18)17(2,3)7-6-12(18)21/h10-13,15-16,21,23-25H,1,4-8H2,2-3H3/t10?,11?,12-,13?,15+,16-,18+,19?,20+/m0/s1. The van der Waals surface area contributed by atoms with Gasteiger partial charge in [0.2, 0.25) is 5.79 Å². The van der Waals surface area contributed by atoms with E-state index in [1.807, 2.05) is 13.8 Å². The highest BCUT2D eigenvalue weighted by atomic mass is 16.6. The first kappa shape index (κ1) is 17.3. The summed E-state index contributed by atoms with van der Waals surface area (Å²) in [5.41, 5.74) is -2.49. The second kappa shape index (κ2) is 4.61. The molecule has 6 rings (SSSR count). The van der Waals surface area contributed by atoms with Crippen LogP contribution in [0.3, 0.4) is 0 Å². The molecule has 4 bridgehead atoms. The van der Waals surface area contributed by atoms with E-state index in [0.29, 0.717) is 24.8 Å². The first-order valence-electron chi connectivity index (χ1n) is 9.71. The summed E-state index contributed by atoms with van der Waals surface area (Å²) in [5, 5.41) is 45.1. The molecule has 9 atom stereocenters. The second-order valence-electron chi connectivity index (χ2n) is 9.97. The van der Waals surface area contributed by atoms with E-state index in [-0.39, 0.29) is 12.0 Å². The number of aliphatic hydroxyl groups is 4. The minimum absolute atomic E-state index is 0.0966. The average molecular weight is 364 g/mol. The number of hydrogen-bond donors (Lipinski definition) is 4. The van der Waals surface area contributed by atoms with E-state index in [1.54, 1.807) is 0 Å². The van der Waals surface area contributed by atoms with Crippen molar-refractivity contribution in [1.29, 1.82) is 0 Å². The van der Waals surface area contributed by atoms with Crippen molar-refractivity contribution in [3.8, 4) is 0 Å². The van der Waals surface area contributed by atoms with Crippen LogP contribution in [0.5, 0.6) is 0 Å². The number of aliphatic hydroxyl groups excluding tert-OH is 3. The van der Waals surface area contributed by atoms with Crippen LogP contribution in [0.1, 0.15) is 39.5 Å². The normalized spacial score (nSPS) is 59.9. The molecule has 0 aromatic carbocycles. The molecule has 6 nitrogen and oxygen atoms in total. The van der Waals surface area contributed by atoms with Crippen LogP contribution in [0.25, 0.3) is 0 Å². The summed E-state index contributed by atoms with van der Waals surface area (Å²) in [6.07, 6.45) is -0.747. The third-order valence-electron chi connectivity index (χ3n) is 8.88. The molecular weight excluding hydrogens is 336 g/mol. The van der Waals surface area contributed by atoms with Crippen molar-refractivity contribution in [2.45, 2.75) is 63.6 Å². The Morgan fingerprint density at radius 2 is 1.81 bits per heavy atom. The maximum atomic E-state index is 13.3. The molecule has 144 valence electrons. The van der Waals surface area contributed by atoms with Gasteiger partial charge in [0.15, 0.2) is 5.78 Å². The summed E-state index contributed by atoms with van der Waals surface area (Å²) in [6.45, 7) is 8.07. The van der Waals surface area contributed by atoms with Gasteiger partial charge in [0.25, 0.3) is 0 Å². The lowest BCUT2D eigenvalue weighted by atomic mass is 9.35. The van der Waals surface area contributed by atoms with Gasteiger partial charge < -0.3 is 25.2 Å². The van der Waals surface area contributed by atoms with Gasteiger partial charge in [0, 0.05) is 17.3 Å². The molecule has 4 saturated carbocycles. The van der Waals surface area contributed by atoms with E-state index in [2.05, 4.69) is 6.58 Å². The Morgan fingerprint density at radius 3 is 2.50 bits per heavy atom. The predicted octanol–water partition coefficient (Wildman–Crippen LogP) is 0.376. The van der Waals surface area contributed by atoms with Gasteiger partial charge >= 0.3 is 0 Å². The van der Waals surface area contributed by atoms with Gasteiger partial charge in [-0.3, -0.25) is 4.79 Å². The van der Waals surface area contributed by atoms with Gasteiger partial charge in [-0.2, -0.15) is 0 Å². The summed E-state index contributed by atoms with van der Waals surface area (Å²) >= 11 is 0. The Labute approximate surface area is 152 Å². The molecule has 2 heterocycles. The number of carbonyl (C=O) groups excluding carboxylic acids is 1. The molecule has 2 saturated heterocycles. The van der Waals surface area contributed by atoms with Crippen LogP contribution in [0.4, 0.5) is 0 Å². The number of ketones is 1. The van der Waals surface area contributed by atoms with Crippen LogP contribution in [0, 0.1) is 34.0 Å². The zero-order valence-corrected chi connectivity index (χ0v) is 15.3. The third kappa shape index (κ3) is 1.41. The van der Waals surface area contributed by atoms with Gasteiger partial charge in [0.05, 0.1) is 18.8 Å².